The van der Waals surface area contributed by atoms with E-state index in [4.69, 9.17) is 4.74 Å². The fourth-order valence-corrected chi connectivity index (χ4v) is 3.50. The van der Waals surface area contributed by atoms with E-state index in [1.165, 1.54) is 5.56 Å². The number of rotatable bonds is 2. The second-order valence-corrected chi connectivity index (χ2v) is 6.87. The summed E-state index contributed by atoms with van der Waals surface area (Å²) in [6.45, 7) is 6.59. The third-order valence-electron chi connectivity index (χ3n) is 4.88. The molecule has 4 nitrogen and oxygen atoms in total. The Morgan fingerprint density at radius 1 is 1.36 bits per heavy atom. The molecule has 2 heterocycles. The summed E-state index contributed by atoms with van der Waals surface area (Å²) < 4.78 is 6.00. The van der Waals surface area contributed by atoms with E-state index in [2.05, 4.69) is 19.1 Å². The predicted octanol–water partition coefficient (Wildman–Crippen LogP) is 2.83. The van der Waals surface area contributed by atoms with Crippen molar-refractivity contribution >= 4 is 5.91 Å². The Balaban J connectivity index is 2.08. The van der Waals surface area contributed by atoms with Crippen LogP contribution in [0.1, 0.15) is 57.2 Å². The molecule has 1 amide bonds. The molecule has 1 fully saturated rings. The first-order valence-electron chi connectivity index (χ1n) is 8.23. The monoisotopic (exact) mass is 303 g/mol. The number of hydrogen-bond acceptors (Lipinski definition) is 3. The van der Waals surface area contributed by atoms with Crippen LogP contribution in [0.25, 0.3) is 0 Å². The minimum atomic E-state index is -0.728. The molecule has 22 heavy (non-hydrogen) atoms. The number of likely N-dealkylation sites (tertiary alicyclic amines) is 1. The SMILES string of the molecule is CCc1ccc2c(c1)C(N1CCCCC1=O)C(O)C(C)(C)O2. The number of amides is 1. The van der Waals surface area contributed by atoms with Crippen molar-refractivity contribution in [3.63, 3.8) is 0 Å². The van der Waals surface area contributed by atoms with Crippen molar-refractivity contribution < 1.29 is 14.6 Å². The summed E-state index contributed by atoms with van der Waals surface area (Å²) in [4.78, 5) is 14.2. The normalized spacial score (nSPS) is 27.3. The van der Waals surface area contributed by atoms with Crippen molar-refractivity contribution in [2.75, 3.05) is 6.54 Å². The first kappa shape index (κ1) is 15.3. The van der Waals surface area contributed by atoms with Crippen LogP contribution < -0.4 is 4.74 Å². The van der Waals surface area contributed by atoms with Crippen LogP contribution in [0.2, 0.25) is 0 Å². The minimum Gasteiger partial charge on any atom is -0.485 e. The van der Waals surface area contributed by atoms with Crippen molar-refractivity contribution in [1.82, 2.24) is 4.90 Å². The van der Waals surface area contributed by atoms with Crippen LogP contribution in [-0.4, -0.2) is 34.2 Å². The number of aliphatic hydroxyl groups is 1. The van der Waals surface area contributed by atoms with Crippen LogP contribution in [0.4, 0.5) is 0 Å². The minimum absolute atomic E-state index is 0.140. The summed E-state index contributed by atoms with van der Waals surface area (Å²) in [5, 5.41) is 10.9. The standard InChI is InChI=1S/C18H25NO3/c1-4-12-8-9-14-13(11-12)16(17(21)18(2,3)22-14)19-10-6-5-7-15(19)20/h8-9,11,16-17,21H,4-7,10H2,1-3H3. The molecule has 3 rings (SSSR count). The van der Waals surface area contributed by atoms with Crippen molar-refractivity contribution in [2.45, 2.75) is 64.2 Å². The Morgan fingerprint density at radius 3 is 2.82 bits per heavy atom. The van der Waals surface area contributed by atoms with Gasteiger partial charge in [-0.05, 0) is 50.8 Å². The average molecular weight is 303 g/mol. The van der Waals surface area contributed by atoms with E-state index in [0.717, 1.165) is 30.6 Å². The molecule has 1 aromatic carbocycles. The lowest BCUT2D eigenvalue weighted by atomic mass is 9.84. The topological polar surface area (TPSA) is 49.8 Å². The van der Waals surface area contributed by atoms with Crippen LogP contribution in [0.3, 0.4) is 0 Å². The summed E-state index contributed by atoms with van der Waals surface area (Å²) >= 11 is 0. The molecule has 2 aliphatic rings. The maximum absolute atomic E-state index is 12.4. The number of carbonyl (C=O) groups is 1. The van der Waals surface area contributed by atoms with Gasteiger partial charge in [0.2, 0.25) is 5.91 Å². The van der Waals surface area contributed by atoms with Gasteiger partial charge in [0.1, 0.15) is 17.5 Å². The van der Waals surface area contributed by atoms with Crippen molar-refractivity contribution in [3.8, 4) is 5.75 Å². The molecule has 0 aromatic heterocycles. The highest BCUT2D eigenvalue weighted by Gasteiger charge is 2.46. The molecule has 2 aliphatic heterocycles. The molecular weight excluding hydrogens is 278 g/mol. The smallest absolute Gasteiger partial charge is 0.223 e. The number of ether oxygens (including phenoxy) is 1. The molecular formula is C18H25NO3. The fourth-order valence-electron chi connectivity index (χ4n) is 3.50. The quantitative estimate of drug-likeness (QED) is 0.914. The molecule has 1 N–H and O–H groups in total. The van der Waals surface area contributed by atoms with Gasteiger partial charge in [-0.25, -0.2) is 0 Å². The summed E-state index contributed by atoms with van der Waals surface area (Å²) in [5.41, 5.74) is 1.44. The molecule has 1 aromatic rings. The van der Waals surface area contributed by atoms with E-state index in [-0.39, 0.29) is 11.9 Å². The van der Waals surface area contributed by atoms with Gasteiger partial charge in [-0.15, -0.1) is 0 Å². The molecule has 0 spiro atoms. The number of aliphatic hydroxyl groups excluding tert-OH is 1. The Morgan fingerprint density at radius 2 is 2.14 bits per heavy atom. The number of nitrogens with zero attached hydrogens (tertiary/aromatic N) is 1. The van der Waals surface area contributed by atoms with E-state index in [1.54, 1.807) is 0 Å². The van der Waals surface area contributed by atoms with Crippen LogP contribution in [0, 0.1) is 0 Å². The van der Waals surface area contributed by atoms with Crippen LogP contribution in [-0.2, 0) is 11.2 Å². The maximum Gasteiger partial charge on any atom is 0.223 e. The number of fused-ring (bicyclic) bond motifs is 1. The highest BCUT2D eigenvalue weighted by Crippen LogP contribution is 2.44. The molecule has 0 saturated carbocycles. The van der Waals surface area contributed by atoms with Gasteiger partial charge in [0.05, 0.1) is 6.04 Å². The number of piperidine rings is 1. The Hall–Kier alpha value is -1.55. The number of hydrogen-bond donors (Lipinski definition) is 1. The molecule has 1 saturated heterocycles. The molecule has 4 heteroatoms. The number of benzene rings is 1. The highest BCUT2D eigenvalue weighted by molar-refractivity contribution is 5.77. The second-order valence-electron chi connectivity index (χ2n) is 6.87. The van der Waals surface area contributed by atoms with Crippen molar-refractivity contribution in [1.29, 1.82) is 0 Å². The zero-order valence-corrected chi connectivity index (χ0v) is 13.6. The number of carbonyl (C=O) groups excluding carboxylic acids is 1. The van der Waals surface area contributed by atoms with Crippen molar-refractivity contribution in [2.24, 2.45) is 0 Å². The maximum atomic E-state index is 12.4. The summed E-state index contributed by atoms with van der Waals surface area (Å²) in [6.07, 6.45) is 2.72. The highest BCUT2D eigenvalue weighted by atomic mass is 16.5. The lowest BCUT2D eigenvalue weighted by molar-refractivity contribution is -0.147. The van der Waals surface area contributed by atoms with Gasteiger partial charge in [0.15, 0.2) is 0 Å². The van der Waals surface area contributed by atoms with Crippen LogP contribution in [0.5, 0.6) is 5.75 Å². The van der Waals surface area contributed by atoms with Gasteiger partial charge < -0.3 is 14.7 Å². The first-order chi connectivity index (χ1) is 10.4. The van der Waals surface area contributed by atoms with E-state index in [9.17, 15) is 9.90 Å². The van der Waals surface area contributed by atoms with Gasteiger partial charge in [-0.3, -0.25) is 4.79 Å². The zero-order chi connectivity index (χ0) is 15.9. The third kappa shape index (κ3) is 2.50. The van der Waals surface area contributed by atoms with E-state index in [0.29, 0.717) is 13.0 Å². The molecule has 2 atom stereocenters. The van der Waals surface area contributed by atoms with Crippen molar-refractivity contribution in [3.05, 3.63) is 29.3 Å². The van der Waals surface area contributed by atoms with E-state index < -0.39 is 11.7 Å². The third-order valence-corrected chi connectivity index (χ3v) is 4.88. The van der Waals surface area contributed by atoms with Gasteiger partial charge in [0, 0.05) is 18.5 Å². The molecule has 0 radical (unpaired) electrons. The van der Waals surface area contributed by atoms with Gasteiger partial charge in [-0.2, -0.15) is 0 Å². The largest absolute Gasteiger partial charge is 0.485 e. The predicted molar refractivity (Wildman–Crippen MR) is 84.8 cm³/mol. The average Bonchev–Trinajstić information content (AvgIpc) is 2.49. The van der Waals surface area contributed by atoms with Gasteiger partial charge in [0.25, 0.3) is 0 Å². The van der Waals surface area contributed by atoms with E-state index >= 15 is 0 Å². The van der Waals surface area contributed by atoms with E-state index in [1.807, 2.05) is 24.8 Å². The van der Waals surface area contributed by atoms with Gasteiger partial charge >= 0.3 is 0 Å². The Kier molecular flexibility index (Phi) is 3.89. The summed E-state index contributed by atoms with van der Waals surface area (Å²) in [7, 11) is 0. The molecule has 0 aliphatic carbocycles. The fraction of sp³-hybridized carbons (Fsp3) is 0.611. The second kappa shape index (κ2) is 5.58. The molecule has 2 unspecified atom stereocenters. The first-order valence-corrected chi connectivity index (χ1v) is 8.23. The Labute approximate surface area is 132 Å². The lowest BCUT2D eigenvalue weighted by Crippen LogP contribution is -2.55. The van der Waals surface area contributed by atoms with Gasteiger partial charge in [-0.1, -0.05) is 13.0 Å². The molecule has 120 valence electrons. The number of aryl methyl sites for hydroxylation is 1. The Bertz CT molecular complexity index is 582. The van der Waals surface area contributed by atoms with Crippen LogP contribution in [0.15, 0.2) is 18.2 Å². The zero-order valence-electron chi connectivity index (χ0n) is 13.6. The van der Waals surface area contributed by atoms with Crippen LogP contribution >= 0.6 is 0 Å². The molecule has 0 bridgehead atoms. The summed E-state index contributed by atoms with van der Waals surface area (Å²) in [5.74, 6) is 0.928. The lowest BCUT2D eigenvalue weighted by Gasteiger charge is -2.47. The summed E-state index contributed by atoms with van der Waals surface area (Å²) in [6, 6.07) is 5.81.